The van der Waals surface area contributed by atoms with Crippen LogP contribution in [0.5, 0.6) is 11.5 Å². The molecule has 3 atom stereocenters. The number of ether oxygens (including phenoxy) is 3. The molecule has 3 aromatic carbocycles. The molecule has 0 bridgehead atoms. The van der Waals surface area contributed by atoms with E-state index < -0.39 is 0 Å². The van der Waals surface area contributed by atoms with Crippen LogP contribution in [0.1, 0.15) is 35.3 Å². The lowest BCUT2D eigenvalue weighted by molar-refractivity contribution is -0.0241. The summed E-state index contributed by atoms with van der Waals surface area (Å²) in [4.78, 5) is 18.0. The minimum absolute atomic E-state index is 0.0320. The van der Waals surface area contributed by atoms with Crippen LogP contribution in [-0.4, -0.2) is 66.5 Å². The zero-order valence-electron chi connectivity index (χ0n) is 22.3. The van der Waals surface area contributed by atoms with E-state index in [1.54, 1.807) is 4.90 Å². The number of fused-ring (bicyclic) bond motifs is 4. The SMILES string of the molecule is C[C@H](CO)N1C[C@H](C)[C@H](CN(C)Cc2ccc3c(c2)OCO3)OCc2ccccc2-c2ccccc2C1=O. The van der Waals surface area contributed by atoms with E-state index in [4.69, 9.17) is 14.2 Å². The number of nitrogens with zero attached hydrogens (tertiary/aromatic N) is 2. The van der Waals surface area contributed by atoms with E-state index in [1.807, 2.05) is 61.5 Å². The molecule has 0 unspecified atom stereocenters. The number of amides is 1. The number of benzene rings is 3. The number of likely N-dealkylation sites (N-methyl/N-ethyl adjacent to an activating group) is 1. The molecule has 3 aromatic rings. The highest BCUT2D eigenvalue weighted by Crippen LogP contribution is 2.33. The van der Waals surface area contributed by atoms with Gasteiger partial charge in [-0.2, -0.15) is 0 Å². The number of aliphatic hydroxyl groups excluding tert-OH is 1. The van der Waals surface area contributed by atoms with Crippen molar-refractivity contribution < 1.29 is 24.1 Å². The largest absolute Gasteiger partial charge is 0.454 e. The molecule has 2 aliphatic rings. The molecule has 1 amide bonds. The van der Waals surface area contributed by atoms with Crippen LogP contribution in [0.2, 0.25) is 0 Å². The Kier molecular flexibility index (Phi) is 7.98. The lowest BCUT2D eigenvalue weighted by Crippen LogP contribution is -2.47. The Morgan fingerprint density at radius 2 is 1.71 bits per heavy atom. The van der Waals surface area contributed by atoms with Crippen molar-refractivity contribution in [2.24, 2.45) is 5.92 Å². The first-order valence-electron chi connectivity index (χ1n) is 13.2. The molecule has 7 nitrogen and oxygen atoms in total. The number of hydrogen-bond acceptors (Lipinski definition) is 6. The summed E-state index contributed by atoms with van der Waals surface area (Å²) in [5, 5.41) is 10.0. The molecule has 38 heavy (non-hydrogen) atoms. The van der Waals surface area contributed by atoms with Gasteiger partial charge in [-0.05, 0) is 54.4 Å². The molecule has 0 saturated carbocycles. The van der Waals surface area contributed by atoms with Crippen molar-refractivity contribution in [3.8, 4) is 22.6 Å². The zero-order valence-corrected chi connectivity index (χ0v) is 22.3. The average molecular weight is 517 g/mol. The summed E-state index contributed by atoms with van der Waals surface area (Å²) in [6.45, 7) is 6.50. The van der Waals surface area contributed by atoms with Crippen molar-refractivity contribution in [3.63, 3.8) is 0 Å². The van der Waals surface area contributed by atoms with Gasteiger partial charge in [0.1, 0.15) is 0 Å². The van der Waals surface area contributed by atoms with Crippen LogP contribution in [0.3, 0.4) is 0 Å². The number of aliphatic hydroxyl groups is 1. The molecule has 0 spiro atoms. The first kappa shape index (κ1) is 26.2. The Morgan fingerprint density at radius 1 is 1.00 bits per heavy atom. The van der Waals surface area contributed by atoms with Crippen molar-refractivity contribution in [1.82, 2.24) is 9.80 Å². The summed E-state index contributed by atoms with van der Waals surface area (Å²) >= 11 is 0. The van der Waals surface area contributed by atoms with Crippen LogP contribution in [0.15, 0.2) is 66.7 Å². The third-order valence-corrected chi connectivity index (χ3v) is 7.48. The van der Waals surface area contributed by atoms with Gasteiger partial charge in [0.2, 0.25) is 6.79 Å². The van der Waals surface area contributed by atoms with Gasteiger partial charge in [-0.15, -0.1) is 0 Å². The first-order valence-corrected chi connectivity index (χ1v) is 13.2. The molecule has 0 aromatic heterocycles. The Morgan fingerprint density at radius 3 is 2.50 bits per heavy atom. The van der Waals surface area contributed by atoms with Gasteiger partial charge in [0.25, 0.3) is 5.91 Å². The average Bonchev–Trinajstić information content (AvgIpc) is 3.40. The minimum Gasteiger partial charge on any atom is -0.454 e. The Balaban J connectivity index is 1.43. The fraction of sp³-hybridized carbons (Fsp3) is 0.387. The van der Waals surface area contributed by atoms with Gasteiger partial charge in [-0.3, -0.25) is 9.69 Å². The molecular weight excluding hydrogens is 480 g/mol. The van der Waals surface area contributed by atoms with E-state index in [0.717, 1.165) is 40.3 Å². The maximum atomic E-state index is 13.9. The molecular formula is C31H36N2O5. The molecule has 2 aliphatic heterocycles. The Hall–Kier alpha value is -3.39. The topological polar surface area (TPSA) is 71.5 Å². The van der Waals surface area contributed by atoms with Crippen LogP contribution in [0.4, 0.5) is 0 Å². The highest BCUT2D eigenvalue weighted by molar-refractivity contribution is 6.01. The molecule has 200 valence electrons. The molecule has 0 fully saturated rings. The van der Waals surface area contributed by atoms with E-state index >= 15 is 0 Å². The van der Waals surface area contributed by atoms with Gasteiger partial charge < -0.3 is 24.2 Å². The highest BCUT2D eigenvalue weighted by Gasteiger charge is 2.30. The van der Waals surface area contributed by atoms with Gasteiger partial charge in [-0.1, -0.05) is 55.5 Å². The molecule has 0 saturated heterocycles. The number of carbonyl (C=O) groups is 1. The summed E-state index contributed by atoms with van der Waals surface area (Å²) in [7, 11) is 2.08. The van der Waals surface area contributed by atoms with Crippen LogP contribution in [0.25, 0.3) is 11.1 Å². The maximum absolute atomic E-state index is 13.9. The lowest BCUT2D eigenvalue weighted by Gasteiger charge is -2.35. The van der Waals surface area contributed by atoms with E-state index in [-0.39, 0.29) is 37.4 Å². The summed E-state index contributed by atoms with van der Waals surface area (Å²) in [5.41, 5.74) is 4.71. The quantitative estimate of drug-likeness (QED) is 0.518. The predicted octanol–water partition coefficient (Wildman–Crippen LogP) is 4.57. The van der Waals surface area contributed by atoms with Gasteiger partial charge in [0.05, 0.1) is 25.4 Å². The second-order valence-corrected chi connectivity index (χ2v) is 10.4. The highest BCUT2D eigenvalue weighted by atomic mass is 16.7. The van der Waals surface area contributed by atoms with Crippen LogP contribution >= 0.6 is 0 Å². The number of hydrogen-bond donors (Lipinski definition) is 1. The van der Waals surface area contributed by atoms with Crippen molar-refractivity contribution in [2.75, 3.05) is 33.5 Å². The van der Waals surface area contributed by atoms with E-state index in [9.17, 15) is 9.90 Å². The standard InChI is InChI=1S/C31H36N2O5/c1-21-15-33(22(2)18-34)31(35)27-11-7-6-10-26(27)25-9-5-4-8-24(25)19-36-30(21)17-32(3)16-23-12-13-28-29(14-23)38-20-37-28/h4-14,21-22,30,34H,15-20H2,1-3H3/t21-,22+,30-/m0/s1. The summed E-state index contributed by atoms with van der Waals surface area (Å²) in [6.07, 6.45) is -0.135. The van der Waals surface area contributed by atoms with Crippen LogP contribution in [-0.2, 0) is 17.9 Å². The smallest absolute Gasteiger partial charge is 0.254 e. The van der Waals surface area contributed by atoms with Gasteiger partial charge in [0, 0.05) is 31.1 Å². The third kappa shape index (κ3) is 5.55. The van der Waals surface area contributed by atoms with Gasteiger partial charge >= 0.3 is 0 Å². The van der Waals surface area contributed by atoms with E-state index in [2.05, 4.69) is 31.0 Å². The maximum Gasteiger partial charge on any atom is 0.254 e. The molecule has 2 heterocycles. The fourth-order valence-electron chi connectivity index (χ4n) is 5.27. The summed E-state index contributed by atoms with van der Waals surface area (Å²) in [5.74, 6) is 1.51. The third-order valence-electron chi connectivity index (χ3n) is 7.48. The van der Waals surface area contributed by atoms with Crippen molar-refractivity contribution in [2.45, 2.75) is 39.1 Å². The second-order valence-electron chi connectivity index (χ2n) is 10.4. The normalized spacial score (nSPS) is 20.0. The molecule has 1 N–H and O–H groups in total. The lowest BCUT2D eigenvalue weighted by atomic mass is 9.94. The van der Waals surface area contributed by atoms with Crippen molar-refractivity contribution in [3.05, 3.63) is 83.4 Å². The Bertz CT molecular complexity index is 1280. The summed E-state index contributed by atoms with van der Waals surface area (Å²) < 4.78 is 17.6. The van der Waals surface area contributed by atoms with Crippen molar-refractivity contribution >= 4 is 5.91 Å². The van der Waals surface area contributed by atoms with Crippen LogP contribution < -0.4 is 9.47 Å². The molecule has 5 rings (SSSR count). The number of rotatable bonds is 6. The van der Waals surface area contributed by atoms with E-state index in [1.165, 1.54) is 0 Å². The van der Waals surface area contributed by atoms with E-state index in [0.29, 0.717) is 25.3 Å². The predicted molar refractivity (Wildman–Crippen MR) is 146 cm³/mol. The van der Waals surface area contributed by atoms with Crippen molar-refractivity contribution in [1.29, 1.82) is 0 Å². The molecule has 7 heteroatoms. The minimum atomic E-state index is -0.319. The monoisotopic (exact) mass is 516 g/mol. The van der Waals surface area contributed by atoms with Crippen LogP contribution in [0, 0.1) is 5.92 Å². The van der Waals surface area contributed by atoms with Gasteiger partial charge in [-0.25, -0.2) is 0 Å². The second kappa shape index (κ2) is 11.6. The first-order chi connectivity index (χ1) is 18.4. The molecule has 0 radical (unpaired) electrons. The molecule has 0 aliphatic carbocycles. The summed E-state index contributed by atoms with van der Waals surface area (Å²) in [6, 6.07) is 21.6. The fourth-order valence-corrected chi connectivity index (χ4v) is 5.27. The Labute approximate surface area is 224 Å². The zero-order chi connectivity index (χ0) is 26.6. The number of carbonyl (C=O) groups excluding carboxylic acids is 1. The van der Waals surface area contributed by atoms with Gasteiger partial charge in [0.15, 0.2) is 11.5 Å².